The van der Waals surface area contributed by atoms with Crippen molar-refractivity contribution in [1.82, 2.24) is 20.0 Å². The van der Waals surface area contributed by atoms with Crippen molar-refractivity contribution in [2.45, 2.75) is 39.2 Å². The number of nitrogens with zero attached hydrogens (tertiary/aromatic N) is 4. The van der Waals surface area contributed by atoms with E-state index in [9.17, 15) is 0 Å². The zero-order valence-corrected chi connectivity index (χ0v) is 20.7. The van der Waals surface area contributed by atoms with Crippen LogP contribution in [-0.4, -0.2) is 80.1 Å². The van der Waals surface area contributed by atoms with E-state index in [1.54, 1.807) is 0 Å². The van der Waals surface area contributed by atoms with Crippen molar-refractivity contribution >= 4 is 29.9 Å². The minimum Gasteiger partial charge on any atom is -0.356 e. The predicted molar refractivity (Wildman–Crippen MR) is 134 cm³/mol. The maximum atomic E-state index is 4.48. The molecule has 0 aliphatic carbocycles. The number of rotatable bonds is 7. The molecule has 0 bridgehead atoms. The van der Waals surface area contributed by atoms with Gasteiger partial charge in [-0.15, -0.1) is 24.0 Å². The van der Waals surface area contributed by atoms with E-state index < -0.39 is 0 Å². The minimum atomic E-state index is 0. The van der Waals surface area contributed by atoms with Gasteiger partial charge in [-0.25, -0.2) is 0 Å². The molecule has 0 amide bonds. The molecular formula is C23H40IN5. The third-order valence-electron chi connectivity index (χ3n) is 6.19. The van der Waals surface area contributed by atoms with Crippen LogP contribution in [0.25, 0.3) is 0 Å². The zero-order valence-electron chi connectivity index (χ0n) is 18.4. The number of piperidine rings is 1. The van der Waals surface area contributed by atoms with Crippen LogP contribution >= 0.6 is 24.0 Å². The minimum absolute atomic E-state index is 0. The van der Waals surface area contributed by atoms with Crippen molar-refractivity contribution in [3.05, 3.63) is 35.9 Å². The van der Waals surface area contributed by atoms with Crippen LogP contribution in [0, 0.1) is 5.92 Å². The second-order valence-electron chi connectivity index (χ2n) is 8.45. The molecule has 2 aliphatic heterocycles. The number of hydrogen-bond acceptors (Lipinski definition) is 3. The van der Waals surface area contributed by atoms with Gasteiger partial charge in [0, 0.05) is 59.4 Å². The Bertz CT molecular complexity index is 578. The van der Waals surface area contributed by atoms with E-state index in [2.05, 4.69) is 62.3 Å². The zero-order chi connectivity index (χ0) is 19.6. The summed E-state index contributed by atoms with van der Waals surface area (Å²) >= 11 is 0. The topological polar surface area (TPSA) is 34.1 Å². The Morgan fingerprint density at radius 2 is 1.62 bits per heavy atom. The first kappa shape index (κ1) is 24.4. The number of hydrogen-bond donors (Lipinski definition) is 1. The summed E-state index contributed by atoms with van der Waals surface area (Å²) in [4.78, 5) is 12.1. The summed E-state index contributed by atoms with van der Waals surface area (Å²) in [6, 6.07) is 10.8. The molecule has 0 atom stereocenters. The smallest absolute Gasteiger partial charge is 0.193 e. The normalized spacial score (nSPS) is 19.8. The van der Waals surface area contributed by atoms with Gasteiger partial charge in [-0.1, -0.05) is 37.3 Å². The molecule has 2 fully saturated rings. The number of nitrogens with one attached hydrogen (secondary N) is 1. The van der Waals surface area contributed by atoms with Gasteiger partial charge in [0.25, 0.3) is 0 Å². The number of halogens is 1. The molecule has 0 saturated carbocycles. The molecule has 0 unspecified atom stereocenters. The lowest BCUT2D eigenvalue weighted by molar-refractivity contribution is 0.126. The Kier molecular flexibility index (Phi) is 11.3. The van der Waals surface area contributed by atoms with E-state index in [4.69, 9.17) is 0 Å². The molecule has 6 heteroatoms. The van der Waals surface area contributed by atoms with E-state index in [1.807, 2.05) is 7.05 Å². The molecular weight excluding hydrogens is 473 g/mol. The first-order chi connectivity index (χ1) is 13.7. The molecule has 164 valence electrons. The summed E-state index contributed by atoms with van der Waals surface area (Å²) in [6.45, 7) is 12.8. The molecule has 1 aromatic rings. The summed E-state index contributed by atoms with van der Waals surface area (Å²) < 4.78 is 0. The van der Waals surface area contributed by atoms with Gasteiger partial charge in [0.1, 0.15) is 0 Å². The van der Waals surface area contributed by atoms with Crippen LogP contribution in [0.15, 0.2) is 35.3 Å². The maximum absolute atomic E-state index is 4.48. The molecule has 0 radical (unpaired) electrons. The third kappa shape index (κ3) is 8.42. The van der Waals surface area contributed by atoms with Gasteiger partial charge in [0.2, 0.25) is 0 Å². The fraction of sp³-hybridized carbons (Fsp3) is 0.696. The average Bonchev–Trinajstić information content (AvgIpc) is 2.73. The fourth-order valence-electron chi connectivity index (χ4n) is 4.23. The van der Waals surface area contributed by atoms with Crippen LogP contribution in [0.5, 0.6) is 0 Å². The van der Waals surface area contributed by atoms with Crippen molar-refractivity contribution in [2.75, 3.05) is 59.4 Å². The summed E-state index contributed by atoms with van der Waals surface area (Å²) in [5.41, 5.74) is 1.43. The van der Waals surface area contributed by atoms with Gasteiger partial charge in [-0.3, -0.25) is 9.89 Å². The van der Waals surface area contributed by atoms with Gasteiger partial charge in [0.15, 0.2) is 5.96 Å². The van der Waals surface area contributed by atoms with Crippen LogP contribution in [0.2, 0.25) is 0 Å². The summed E-state index contributed by atoms with van der Waals surface area (Å²) in [7, 11) is 1.91. The van der Waals surface area contributed by atoms with Crippen LogP contribution in [-0.2, 0) is 6.54 Å². The number of piperazine rings is 1. The van der Waals surface area contributed by atoms with Crippen LogP contribution in [0.1, 0.15) is 38.2 Å². The summed E-state index contributed by atoms with van der Waals surface area (Å²) in [5.74, 6) is 1.96. The van der Waals surface area contributed by atoms with Gasteiger partial charge in [-0.05, 0) is 43.7 Å². The Morgan fingerprint density at radius 1 is 0.966 bits per heavy atom. The lowest BCUT2D eigenvalue weighted by Crippen LogP contribution is -2.46. The van der Waals surface area contributed by atoms with Crippen LogP contribution < -0.4 is 5.32 Å². The average molecular weight is 514 g/mol. The summed E-state index contributed by atoms with van der Waals surface area (Å²) in [5, 5.41) is 3.58. The van der Waals surface area contributed by atoms with E-state index >= 15 is 0 Å². The van der Waals surface area contributed by atoms with Gasteiger partial charge < -0.3 is 15.1 Å². The lowest BCUT2D eigenvalue weighted by Gasteiger charge is -2.35. The highest BCUT2D eigenvalue weighted by Gasteiger charge is 2.19. The highest BCUT2D eigenvalue weighted by atomic mass is 127. The van der Waals surface area contributed by atoms with Gasteiger partial charge in [0.05, 0.1) is 0 Å². The molecule has 29 heavy (non-hydrogen) atoms. The van der Waals surface area contributed by atoms with Crippen LogP contribution in [0.3, 0.4) is 0 Å². The Labute approximate surface area is 194 Å². The highest BCUT2D eigenvalue weighted by Crippen LogP contribution is 2.15. The predicted octanol–water partition coefficient (Wildman–Crippen LogP) is 3.51. The number of aliphatic imine (C=N–C) groups is 1. The number of guanidine groups is 1. The van der Waals surface area contributed by atoms with Gasteiger partial charge in [-0.2, -0.15) is 0 Å². The van der Waals surface area contributed by atoms with E-state index in [1.165, 1.54) is 64.0 Å². The molecule has 1 N–H and O–H groups in total. The second-order valence-corrected chi connectivity index (χ2v) is 8.45. The van der Waals surface area contributed by atoms with Crippen molar-refractivity contribution in [3.8, 4) is 0 Å². The number of unbranched alkanes of at least 4 members (excludes halogenated alkanes) is 1. The molecule has 2 saturated heterocycles. The van der Waals surface area contributed by atoms with Gasteiger partial charge >= 0.3 is 0 Å². The molecule has 0 aromatic heterocycles. The fourth-order valence-corrected chi connectivity index (χ4v) is 4.23. The lowest BCUT2D eigenvalue weighted by atomic mass is 10.00. The third-order valence-corrected chi connectivity index (χ3v) is 6.19. The van der Waals surface area contributed by atoms with Crippen molar-refractivity contribution in [3.63, 3.8) is 0 Å². The van der Waals surface area contributed by atoms with Crippen molar-refractivity contribution in [2.24, 2.45) is 10.9 Å². The number of benzene rings is 1. The molecule has 0 spiro atoms. The molecule has 1 aromatic carbocycles. The van der Waals surface area contributed by atoms with Crippen molar-refractivity contribution in [1.29, 1.82) is 0 Å². The first-order valence-corrected chi connectivity index (χ1v) is 11.2. The molecule has 3 rings (SSSR count). The number of likely N-dealkylation sites (tertiary alicyclic amines) is 1. The van der Waals surface area contributed by atoms with E-state index in [0.29, 0.717) is 0 Å². The van der Waals surface area contributed by atoms with Crippen LogP contribution in [0.4, 0.5) is 0 Å². The summed E-state index contributed by atoms with van der Waals surface area (Å²) in [6.07, 6.45) is 5.06. The monoisotopic (exact) mass is 513 g/mol. The quantitative estimate of drug-likeness (QED) is 0.262. The van der Waals surface area contributed by atoms with E-state index in [-0.39, 0.29) is 24.0 Å². The molecule has 2 aliphatic rings. The first-order valence-electron chi connectivity index (χ1n) is 11.2. The standard InChI is InChI=1S/C23H39N5.HI/c1-21-10-14-28(15-11-21)23(24-2)25-12-6-7-13-26-16-18-27(19-17-26)20-22-8-4-3-5-9-22;/h3-5,8-9,21H,6-7,10-20H2,1-2H3,(H,24,25);1H. The Hall–Kier alpha value is -0.860. The molecule has 5 nitrogen and oxygen atoms in total. The SMILES string of the molecule is CN=C(NCCCCN1CCN(Cc2ccccc2)CC1)N1CCC(C)CC1.I. The largest absolute Gasteiger partial charge is 0.356 e. The Morgan fingerprint density at radius 3 is 2.28 bits per heavy atom. The van der Waals surface area contributed by atoms with Crippen molar-refractivity contribution < 1.29 is 0 Å². The second kappa shape index (κ2) is 13.4. The molecule has 2 heterocycles. The maximum Gasteiger partial charge on any atom is 0.193 e. The Balaban J connectivity index is 0.00000300. The van der Waals surface area contributed by atoms with E-state index in [0.717, 1.165) is 38.1 Å². The highest BCUT2D eigenvalue weighted by molar-refractivity contribution is 14.0.